The Kier molecular flexibility index (Phi) is 6.23. The first kappa shape index (κ1) is 21.7. The van der Waals surface area contributed by atoms with E-state index in [-0.39, 0.29) is 32.4 Å². The molecule has 2 aromatic rings. The van der Waals surface area contributed by atoms with Crippen LogP contribution in [0.1, 0.15) is 29.6 Å². The van der Waals surface area contributed by atoms with Gasteiger partial charge in [0.05, 0.1) is 5.69 Å². The number of benzene rings is 2. The second kappa shape index (κ2) is 8.91. The van der Waals surface area contributed by atoms with Gasteiger partial charge in [0.2, 0.25) is 0 Å². The minimum absolute atomic E-state index is 0.0625. The molecule has 0 bridgehead atoms. The predicted octanol–water partition coefficient (Wildman–Crippen LogP) is 5.06. The van der Waals surface area contributed by atoms with Crippen LogP contribution >= 0.6 is 34.8 Å². The van der Waals surface area contributed by atoms with Gasteiger partial charge < -0.3 is 10.2 Å². The standard InChI is InChI=1S/C22H18Cl3N3O3/c23-14-10-15(24)12-17(11-14)28-21(30)18(25)19(22(28)31)26-16-6-4-5-13(9-16)20(29)27-7-2-1-3-8-27/h4-6,9-12,26H,1-3,7-8H2. The molecule has 2 aliphatic heterocycles. The van der Waals surface area contributed by atoms with E-state index in [0.717, 1.165) is 37.3 Å². The maximum absolute atomic E-state index is 13.0. The van der Waals surface area contributed by atoms with Gasteiger partial charge >= 0.3 is 0 Å². The number of halogens is 3. The van der Waals surface area contributed by atoms with E-state index < -0.39 is 11.8 Å². The van der Waals surface area contributed by atoms with Crippen LogP contribution < -0.4 is 10.2 Å². The lowest BCUT2D eigenvalue weighted by Gasteiger charge is -2.26. The first-order valence-corrected chi connectivity index (χ1v) is 10.9. The average molecular weight is 479 g/mol. The third kappa shape index (κ3) is 4.42. The van der Waals surface area contributed by atoms with Gasteiger partial charge in [-0.2, -0.15) is 0 Å². The highest BCUT2D eigenvalue weighted by Gasteiger charge is 2.39. The van der Waals surface area contributed by atoms with Crippen molar-refractivity contribution in [1.82, 2.24) is 4.90 Å². The summed E-state index contributed by atoms with van der Waals surface area (Å²) in [7, 11) is 0. The van der Waals surface area contributed by atoms with E-state index in [1.54, 1.807) is 24.3 Å². The number of carbonyl (C=O) groups excluding carboxylic acids is 3. The van der Waals surface area contributed by atoms with E-state index in [0.29, 0.717) is 11.3 Å². The number of rotatable bonds is 4. The molecule has 1 saturated heterocycles. The summed E-state index contributed by atoms with van der Waals surface area (Å²) in [6, 6.07) is 11.2. The molecule has 2 aromatic carbocycles. The molecular formula is C22H18Cl3N3O3. The maximum atomic E-state index is 13.0. The molecule has 0 spiro atoms. The molecule has 4 rings (SSSR count). The number of nitrogens with one attached hydrogen (secondary N) is 1. The third-order valence-electron chi connectivity index (χ3n) is 5.15. The lowest BCUT2D eigenvalue weighted by atomic mass is 10.1. The number of likely N-dealkylation sites (tertiary alicyclic amines) is 1. The van der Waals surface area contributed by atoms with Gasteiger partial charge in [0.15, 0.2) is 0 Å². The summed E-state index contributed by atoms with van der Waals surface area (Å²) in [5, 5.41) is 3.21. The van der Waals surface area contributed by atoms with E-state index in [1.807, 2.05) is 4.90 Å². The van der Waals surface area contributed by atoms with E-state index in [4.69, 9.17) is 34.8 Å². The summed E-state index contributed by atoms with van der Waals surface area (Å²) < 4.78 is 0. The second-order valence-electron chi connectivity index (χ2n) is 7.32. The van der Waals surface area contributed by atoms with E-state index in [2.05, 4.69) is 5.32 Å². The molecule has 1 fully saturated rings. The van der Waals surface area contributed by atoms with Gasteiger partial charge in [0, 0.05) is 34.4 Å². The van der Waals surface area contributed by atoms with Crippen LogP contribution in [0.4, 0.5) is 11.4 Å². The van der Waals surface area contributed by atoms with Crippen molar-refractivity contribution >= 4 is 63.9 Å². The minimum Gasteiger partial charge on any atom is -0.350 e. The van der Waals surface area contributed by atoms with Gasteiger partial charge in [-0.25, -0.2) is 4.90 Å². The highest BCUT2D eigenvalue weighted by Crippen LogP contribution is 2.33. The van der Waals surface area contributed by atoms with Gasteiger partial charge in [-0.05, 0) is 55.7 Å². The van der Waals surface area contributed by atoms with Crippen molar-refractivity contribution in [3.05, 3.63) is 68.8 Å². The van der Waals surface area contributed by atoms with Crippen LogP contribution in [0.3, 0.4) is 0 Å². The van der Waals surface area contributed by atoms with Crippen LogP contribution in [0.15, 0.2) is 53.2 Å². The smallest absolute Gasteiger partial charge is 0.283 e. The van der Waals surface area contributed by atoms with Gasteiger partial charge in [-0.15, -0.1) is 0 Å². The normalized spacial score (nSPS) is 16.9. The second-order valence-corrected chi connectivity index (χ2v) is 8.57. The van der Waals surface area contributed by atoms with E-state index >= 15 is 0 Å². The summed E-state index contributed by atoms with van der Waals surface area (Å²) >= 11 is 18.2. The Bertz CT molecular complexity index is 1090. The number of amides is 3. The Morgan fingerprint density at radius 2 is 1.55 bits per heavy atom. The topological polar surface area (TPSA) is 69.7 Å². The molecule has 0 unspecified atom stereocenters. The molecule has 9 heteroatoms. The van der Waals surface area contributed by atoms with Crippen LogP contribution in [0.2, 0.25) is 10.0 Å². The molecule has 3 amide bonds. The van der Waals surface area contributed by atoms with Crippen LogP contribution in [0.5, 0.6) is 0 Å². The summed E-state index contributed by atoms with van der Waals surface area (Å²) in [6.45, 7) is 1.47. The van der Waals surface area contributed by atoms with Gasteiger partial charge in [-0.1, -0.05) is 40.9 Å². The minimum atomic E-state index is -0.687. The molecule has 1 N–H and O–H groups in total. The Labute approximate surface area is 194 Å². The van der Waals surface area contributed by atoms with Gasteiger partial charge in [-0.3, -0.25) is 14.4 Å². The molecule has 2 aliphatic rings. The Morgan fingerprint density at radius 1 is 0.871 bits per heavy atom. The molecule has 0 radical (unpaired) electrons. The fourth-order valence-corrected chi connectivity index (χ4v) is 4.40. The number of anilines is 2. The Hall–Kier alpha value is -2.54. The summed E-state index contributed by atoms with van der Waals surface area (Å²) in [5.74, 6) is -1.39. The lowest BCUT2D eigenvalue weighted by molar-refractivity contribution is -0.120. The molecule has 2 heterocycles. The SMILES string of the molecule is O=C(c1cccc(NC2=C(Cl)C(=O)N(c3cc(Cl)cc(Cl)c3)C2=O)c1)N1CCCCC1. The number of piperidine rings is 1. The van der Waals surface area contributed by atoms with Crippen molar-refractivity contribution in [2.75, 3.05) is 23.3 Å². The summed E-state index contributed by atoms with van der Waals surface area (Å²) in [6.07, 6.45) is 3.11. The van der Waals surface area contributed by atoms with Crippen LogP contribution in [-0.4, -0.2) is 35.7 Å². The monoisotopic (exact) mass is 477 g/mol. The maximum Gasteiger partial charge on any atom is 0.283 e. The number of hydrogen-bond acceptors (Lipinski definition) is 4. The molecule has 6 nitrogen and oxygen atoms in total. The predicted molar refractivity (Wildman–Crippen MR) is 122 cm³/mol. The van der Waals surface area contributed by atoms with E-state index in [9.17, 15) is 14.4 Å². The highest BCUT2D eigenvalue weighted by molar-refractivity contribution is 6.53. The fourth-order valence-electron chi connectivity index (χ4n) is 3.67. The van der Waals surface area contributed by atoms with Crippen molar-refractivity contribution < 1.29 is 14.4 Å². The molecule has 31 heavy (non-hydrogen) atoms. The van der Waals surface area contributed by atoms with Gasteiger partial charge in [0.1, 0.15) is 10.7 Å². The summed E-state index contributed by atoms with van der Waals surface area (Å²) in [5.41, 5.74) is 1.11. The van der Waals surface area contributed by atoms with Crippen molar-refractivity contribution in [2.24, 2.45) is 0 Å². The molecule has 0 atom stereocenters. The fraction of sp³-hybridized carbons (Fsp3) is 0.227. The number of imide groups is 1. The van der Waals surface area contributed by atoms with Crippen LogP contribution in [0, 0.1) is 0 Å². The molecule has 160 valence electrons. The van der Waals surface area contributed by atoms with Gasteiger partial charge in [0.25, 0.3) is 17.7 Å². The third-order valence-corrected chi connectivity index (χ3v) is 5.94. The number of hydrogen-bond donors (Lipinski definition) is 1. The summed E-state index contributed by atoms with van der Waals surface area (Å²) in [4.78, 5) is 41.1. The molecule has 0 aliphatic carbocycles. The molecular weight excluding hydrogens is 461 g/mol. The molecule has 0 saturated carbocycles. The Morgan fingerprint density at radius 3 is 2.23 bits per heavy atom. The zero-order valence-electron chi connectivity index (χ0n) is 16.3. The van der Waals surface area contributed by atoms with Crippen LogP contribution in [-0.2, 0) is 9.59 Å². The van der Waals surface area contributed by atoms with Crippen LogP contribution in [0.25, 0.3) is 0 Å². The largest absolute Gasteiger partial charge is 0.350 e. The number of nitrogens with zero attached hydrogens (tertiary/aromatic N) is 2. The van der Waals surface area contributed by atoms with Crippen molar-refractivity contribution in [2.45, 2.75) is 19.3 Å². The van der Waals surface area contributed by atoms with Crippen molar-refractivity contribution in [3.8, 4) is 0 Å². The lowest BCUT2D eigenvalue weighted by Crippen LogP contribution is -2.35. The Balaban J connectivity index is 1.57. The van der Waals surface area contributed by atoms with E-state index in [1.165, 1.54) is 18.2 Å². The zero-order valence-corrected chi connectivity index (χ0v) is 18.6. The quantitative estimate of drug-likeness (QED) is 0.624. The molecule has 0 aromatic heterocycles. The zero-order chi connectivity index (χ0) is 22.1. The van der Waals surface area contributed by atoms with Crippen molar-refractivity contribution in [3.63, 3.8) is 0 Å². The van der Waals surface area contributed by atoms with Crippen molar-refractivity contribution in [1.29, 1.82) is 0 Å². The first-order valence-electron chi connectivity index (χ1n) is 9.76. The average Bonchev–Trinajstić information content (AvgIpc) is 2.96. The number of carbonyl (C=O) groups is 3. The first-order chi connectivity index (χ1) is 14.8. The highest BCUT2D eigenvalue weighted by atomic mass is 35.5.